The lowest BCUT2D eigenvalue weighted by atomic mass is 9.67. The Labute approximate surface area is 235 Å². The number of nitrogens with two attached hydrogens (primary N) is 1. The Bertz CT molecular complexity index is 900. The second-order valence-corrected chi connectivity index (χ2v) is 10.4. The summed E-state index contributed by atoms with van der Waals surface area (Å²) < 4.78 is 50.9. The smallest absolute Gasteiger partial charge is 0.403 e. The molecule has 2 amide bonds. The summed E-state index contributed by atoms with van der Waals surface area (Å²) in [5.41, 5.74) is 4.19. The van der Waals surface area contributed by atoms with E-state index in [1.165, 1.54) is 0 Å². The number of benzene rings is 1. The fraction of sp³-hybridized carbons (Fsp3) is 0.704. The number of rotatable bonds is 16. The van der Waals surface area contributed by atoms with Gasteiger partial charge in [-0.25, -0.2) is 0 Å². The Morgan fingerprint density at radius 3 is 2.31 bits per heavy atom. The molecule has 224 valence electrons. The van der Waals surface area contributed by atoms with Crippen molar-refractivity contribution < 1.29 is 37.3 Å². The number of amides is 2. The average molecular weight is 582 g/mol. The number of unbranched alkanes of at least 4 members (excludes halogenated alkanes) is 1. The van der Waals surface area contributed by atoms with Crippen molar-refractivity contribution >= 4 is 24.2 Å². The molecular formula is C27H43ClF3N3O5. The van der Waals surface area contributed by atoms with Crippen molar-refractivity contribution in [2.24, 2.45) is 23.0 Å². The first-order valence-electron chi connectivity index (χ1n) is 13.2. The zero-order valence-electron chi connectivity index (χ0n) is 22.9. The second-order valence-electron chi connectivity index (χ2n) is 10.4. The van der Waals surface area contributed by atoms with Crippen molar-refractivity contribution in [3.63, 3.8) is 0 Å². The average Bonchev–Trinajstić information content (AvgIpc) is 2.82. The van der Waals surface area contributed by atoms with E-state index in [9.17, 15) is 27.9 Å². The Balaban J connectivity index is 0.00000760. The second kappa shape index (κ2) is 16.2. The van der Waals surface area contributed by atoms with Crippen molar-refractivity contribution in [1.29, 1.82) is 0 Å². The van der Waals surface area contributed by atoms with Crippen molar-refractivity contribution in [2.75, 3.05) is 33.4 Å². The summed E-state index contributed by atoms with van der Waals surface area (Å²) in [6, 6.07) is 6.15. The molecule has 1 aromatic carbocycles. The van der Waals surface area contributed by atoms with Crippen LogP contribution in [0.15, 0.2) is 24.3 Å². The zero-order chi connectivity index (χ0) is 28.3. The van der Waals surface area contributed by atoms with Crippen molar-refractivity contribution in [2.45, 2.75) is 70.7 Å². The van der Waals surface area contributed by atoms with Gasteiger partial charge in [-0.2, -0.15) is 13.2 Å². The number of ether oxygens (including phenoxy) is 2. The fourth-order valence-electron chi connectivity index (χ4n) is 4.41. The number of methoxy groups -OCH3 is 1. The molecule has 3 atom stereocenters. The molecule has 1 aliphatic carbocycles. The Hall–Kier alpha value is -2.08. The maximum Gasteiger partial charge on any atom is 0.403 e. The Morgan fingerprint density at radius 1 is 1.10 bits per heavy atom. The molecule has 1 aliphatic rings. The van der Waals surface area contributed by atoms with E-state index < -0.39 is 29.6 Å². The minimum Gasteiger partial charge on any atom is -0.493 e. The van der Waals surface area contributed by atoms with Gasteiger partial charge in [0.15, 0.2) is 0 Å². The maximum absolute atomic E-state index is 13.4. The van der Waals surface area contributed by atoms with E-state index in [4.69, 9.17) is 15.2 Å². The number of hydrogen-bond donors (Lipinski definition) is 4. The quantitative estimate of drug-likeness (QED) is 0.220. The predicted molar refractivity (Wildman–Crippen MR) is 145 cm³/mol. The lowest BCUT2D eigenvalue weighted by Crippen LogP contribution is -2.57. The van der Waals surface area contributed by atoms with Crippen LogP contribution in [0.3, 0.4) is 0 Å². The van der Waals surface area contributed by atoms with Gasteiger partial charge in [-0.15, -0.1) is 12.4 Å². The highest BCUT2D eigenvalue weighted by atomic mass is 35.5. The predicted octanol–water partition coefficient (Wildman–Crippen LogP) is 3.84. The van der Waals surface area contributed by atoms with Gasteiger partial charge in [0, 0.05) is 32.8 Å². The molecule has 8 nitrogen and oxygen atoms in total. The molecule has 1 aromatic rings. The van der Waals surface area contributed by atoms with Crippen molar-refractivity contribution in [1.82, 2.24) is 10.6 Å². The minimum atomic E-state index is -4.63. The SMILES string of the molecule is COCCCCOc1ccccc1C(=O)NCC(CC(N)C(O)CNC(=O)C1(C(F)(F)F)CCC1)C(C)C.Cl. The number of para-hydroxylation sites is 1. The standard InChI is InChI=1S/C27H42F3N3O5.ClH/c1-18(2)19(15-21(31)22(34)17-33-25(36)26(11-8-12-26)27(28,29)30)16-32-24(35)20-9-4-5-10-23(20)38-14-7-6-13-37-3;/h4-5,9-10,18-19,21-22,34H,6-8,11-17,31H2,1-3H3,(H,32,35)(H,33,36);1H. The van der Waals surface area contributed by atoms with Crippen LogP contribution in [0.5, 0.6) is 5.75 Å². The van der Waals surface area contributed by atoms with Crippen molar-refractivity contribution in [3.05, 3.63) is 29.8 Å². The van der Waals surface area contributed by atoms with Gasteiger partial charge in [-0.05, 0) is 56.1 Å². The van der Waals surface area contributed by atoms with E-state index in [2.05, 4.69) is 10.6 Å². The van der Waals surface area contributed by atoms with E-state index >= 15 is 0 Å². The van der Waals surface area contributed by atoms with Crippen LogP contribution in [-0.2, 0) is 9.53 Å². The highest BCUT2D eigenvalue weighted by Crippen LogP contribution is 2.53. The number of carbonyl (C=O) groups is 2. The first-order chi connectivity index (χ1) is 17.9. The number of halogens is 4. The van der Waals surface area contributed by atoms with Crippen LogP contribution in [0.25, 0.3) is 0 Å². The monoisotopic (exact) mass is 581 g/mol. The highest BCUT2D eigenvalue weighted by molar-refractivity contribution is 5.96. The van der Waals surface area contributed by atoms with Gasteiger partial charge < -0.3 is 30.9 Å². The van der Waals surface area contributed by atoms with Gasteiger partial charge in [0.05, 0.1) is 18.3 Å². The van der Waals surface area contributed by atoms with Gasteiger partial charge >= 0.3 is 6.18 Å². The summed E-state index contributed by atoms with van der Waals surface area (Å²) in [4.78, 5) is 25.2. The van der Waals surface area contributed by atoms with Gasteiger partial charge in [-0.3, -0.25) is 9.59 Å². The summed E-state index contributed by atoms with van der Waals surface area (Å²) in [6.45, 7) is 4.92. The molecule has 3 unspecified atom stereocenters. The van der Waals surface area contributed by atoms with Crippen LogP contribution in [0.1, 0.15) is 62.7 Å². The van der Waals surface area contributed by atoms with E-state index in [1.807, 2.05) is 13.8 Å². The molecule has 0 heterocycles. The molecular weight excluding hydrogens is 539 g/mol. The maximum atomic E-state index is 13.4. The number of carbonyl (C=O) groups excluding carboxylic acids is 2. The van der Waals surface area contributed by atoms with Crippen LogP contribution < -0.4 is 21.1 Å². The van der Waals surface area contributed by atoms with E-state index in [0.29, 0.717) is 37.4 Å². The van der Waals surface area contributed by atoms with Gasteiger partial charge in [0.1, 0.15) is 11.2 Å². The molecule has 1 fully saturated rings. The number of hydrogen-bond acceptors (Lipinski definition) is 6. The molecule has 0 aliphatic heterocycles. The lowest BCUT2D eigenvalue weighted by molar-refractivity contribution is -0.243. The molecule has 1 saturated carbocycles. The third-order valence-corrected chi connectivity index (χ3v) is 7.32. The Morgan fingerprint density at radius 2 is 1.74 bits per heavy atom. The molecule has 12 heteroatoms. The topological polar surface area (TPSA) is 123 Å². The zero-order valence-corrected chi connectivity index (χ0v) is 23.7. The number of aliphatic hydroxyl groups is 1. The van der Waals surface area contributed by atoms with Crippen molar-refractivity contribution in [3.8, 4) is 5.75 Å². The van der Waals surface area contributed by atoms with Gasteiger partial charge in [-0.1, -0.05) is 32.4 Å². The molecule has 0 spiro atoms. The first-order valence-corrected chi connectivity index (χ1v) is 13.2. The Kier molecular flexibility index (Phi) is 14.6. The summed E-state index contributed by atoms with van der Waals surface area (Å²) in [7, 11) is 1.64. The largest absolute Gasteiger partial charge is 0.493 e. The molecule has 0 bridgehead atoms. The van der Waals surface area contributed by atoms with Crippen LogP contribution in [-0.4, -0.2) is 68.7 Å². The number of aliphatic hydroxyl groups excluding tert-OH is 1. The van der Waals surface area contributed by atoms with E-state index in [1.54, 1.807) is 31.4 Å². The normalized spacial score (nSPS) is 16.8. The lowest BCUT2D eigenvalue weighted by Gasteiger charge is -2.41. The molecule has 39 heavy (non-hydrogen) atoms. The molecule has 2 rings (SSSR count). The molecule has 0 saturated heterocycles. The summed E-state index contributed by atoms with van der Waals surface area (Å²) in [5, 5.41) is 15.6. The summed E-state index contributed by atoms with van der Waals surface area (Å²) >= 11 is 0. The number of alkyl halides is 3. The van der Waals surface area contributed by atoms with E-state index in [0.717, 1.165) is 12.8 Å². The van der Waals surface area contributed by atoms with Crippen LogP contribution in [0.4, 0.5) is 13.2 Å². The van der Waals surface area contributed by atoms with Crippen LogP contribution in [0, 0.1) is 17.3 Å². The van der Waals surface area contributed by atoms with E-state index in [-0.39, 0.29) is 56.1 Å². The third-order valence-electron chi connectivity index (χ3n) is 7.32. The molecule has 5 N–H and O–H groups in total. The van der Waals surface area contributed by atoms with Gasteiger partial charge in [0.2, 0.25) is 5.91 Å². The summed E-state index contributed by atoms with van der Waals surface area (Å²) in [6.07, 6.45) is -4.08. The van der Waals surface area contributed by atoms with Gasteiger partial charge in [0.25, 0.3) is 5.91 Å². The fourth-order valence-corrected chi connectivity index (χ4v) is 4.41. The molecule has 0 radical (unpaired) electrons. The number of nitrogens with one attached hydrogen (secondary N) is 2. The highest BCUT2D eigenvalue weighted by Gasteiger charge is 2.63. The summed E-state index contributed by atoms with van der Waals surface area (Å²) in [5.74, 6) is -0.958. The minimum absolute atomic E-state index is 0. The van der Waals surface area contributed by atoms with Crippen LogP contribution >= 0.6 is 12.4 Å². The first kappa shape index (κ1) is 34.9. The molecule has 0 aromatic heterocycles. The van der Waals surface area contributed by atoms with Crippen LogP contribution in [0.2, 0.25) is 0 Å². The third kappa shape index (κ3) is 9.81.